The molecule has 0 aromatic rings. The summed E-state index contributed by atoms with van der Waals surface area (Å²) in [5.74, 6) is 0.584. The average Bonchev–Trinajstić information content (AvgIpc) is 2.37. The minimum Gasteiger partial charge on any atom is -0.428 e. The van der Waals surface area contributed by atoms with Crippen LogP contribution >= 0.6 is 0 Å². The van der Waals surface area contributed by atoms with E-state index in [0.717, 1.165) is 30.6 Å². The number of ether oxygens (including phenoxy) is 1. The van der Waals surface area contributed by atoms with Gasteiger partial charge in [-0.25, -0.2) is 4.79 Å². The Morgan fingerprint density at radius 2 is 2.33 bits per heavy atom. The minimum absolute atomic E-state index is 0.247. The number of hydrogen-bond acceptors (Lipinski definition) is 2. The third-order valence-corrected chi connectivity index (χ3v) is 1.64. The van der Waals surface area contributed by atoms with Crippen LogP contribution in [0.1, 0.15) is 33.1 Å². The number of rotatable bonds is 2. The average molecular weight is 166 g/mol. The quantitative estimate of drug-likeness (QED) is 0.465. The van der Waals surface area contributed by atoms with Crippen LogP contribution in [0.15, 0.2) is 23.5 Å². The summed E-state index contributed by atoms with van der Waals surface area (Å²) in [4.78, 5) is 11.1. The van der Waals surface area contributed by atoms with Crippen LogP contribution in [-0.4, -0.2) is 5.97 Å². The molecule has 2 heteroatoms. The van der Waals surface area contributed by atoms with E-state index < -0.39 is 0 Å². The molecule has 1 rings (SSSR count). The number of hydrogen-bond donors (Lipinski definition) is 0. The van der Waals surface area contributed by atoms with Crippen molar-refractivity contribution in [2.75, 3.05) is 0 Å². The molecule has 12 heavy (non-hydrogen) atoms. The molecule has 2 nitrogen and oxygen atoms in total. The van der Waals surface area contributed by atoms with Crippen LogP contribution in [0.3, 0.4) is 0 Å². The summed E-state index contributed by atoms with van der Waals surface area (Å²) in [5, 5.41) is 0. The second kappa shape index (κ2) is 4.10. The maximum absolute atomic E-state index is 11.1. The predicted molar refractivity (Wildman–Crippen MR) is 47.5 cm³/mol. The van der Waals surface area contributed by atoms with E-state index >= 15 is 0 Å². The smallest absolute Gasteiger partial charge is 0.335 e. The first kappa shape index (κ1) is 9.04. The summed E-state index contributed by atoms with van der Waals surface area (Å²) in [6.07, 6.45) is 6.55. The van der Waals surface area contributed by atoms with E-state index in [1.807, 2.05) is 19.9 Å². The first-order valence-corrected chi connectivity index (χ1v) is 4.24. The van der Waals surface area contributed by atoms with Crippen molar-refractivity contribution in [3.8, 4) is 0 Å². The van der Waals surface area contributed by atoms with Crippen molar-refractivity contribution in [1.29, 1.82) is 0 Å². The molecule has 0 aliphatic heterocycles. The molecule has 66 valence electrons. The zero-order valence-electron chi connectivity index (χ0n) is 7.59. The maximum atomic E-state index is 11.1. The maximum Gasteiger partial charge on any atom is 0.335 e. The molecular formula is C10H14O2. The monoisotopic (exact) mass is 166 g/mol. The van der Waals surface area contributed by atoms with Gasteiger partial charge in [-0.15, -0.1) is 0 Å². The molecule has 0 saturated heterocycles. The van der Waals surface area contributed by atoms with Gasteiger partial charge in [-0.1, -0.05) is 5.57 Å². The van der Waals surface area contributed by atoms with Gasteiger partial charge < -0.3 is 4.74 Å². The number of esters is 1. The molecule has 0 amide bonds. The van der Waals surface area contributed by atoms with Gasteiger partial charge in [0.15, 0.2) is 0 Å². The van der Waals surface area contributed by atoms with Crippen molar-refractivity contribution in [3.05, 3.63) is 23.5 Å². The Bertz CT molecular complexity index is 232. The fraction of sp³-hybridized carbons (Fsp3) is 0.500. The molecule has 0 aromatic heterocycles. The van der Waals surface area contributed by atoms with Crippen LogP contribution in [0.2, 0.25) is 0 Å². The van der Waals surface area contributed by atoms with Crippen molar-refractivity contribution < 1.29 is 9.53 Å². The first-order valence-electron chi connectivity index (χ1n) is 4.24. The van der Waals surface area contributed by atoms with Crippen LogP contribution in [0.4, 0.5) is 0 Å². The Morgan fingerprint density at radius 1 is 1.58 bits per heavy atom. The molecule has 0 unspecified atom stereocenters. The van der Waals surface area contributed by atoms with E-state index in [1.54, 1.807) is 0 Å². The van der Waals surface area contributed by atoms with E-state index in [9.17, 15) is 4.79 Å². The zero-order valence-corrected chi connectivity index (χ0v) is 7.59. The number of allylic oxidation sites excluding steroid dienone is 3. The molecule has 0 N–H and O–H groups in total. The van der Waals surface area contributed by atoms with Gasteiger partial charge in [-0.2, -0.15) is 0 Å². The number of carbonyl (C=O) groups excluding carboxylic acids is 1. The number of carbonyl (C=O) groups is 1. The van der Waals surface area contributed by atoms with Crippen molar-refractivity contribution >= 4 is 5.97 Å². The van der Waals surface area contributed by atoms with Crippen LogP contribution in [0, 0.1) is 0 Å². The first-order chi connectivity index (χ1) is 5.68. The molecule has 1 aliphatic rings. The summed E-state index contributed by atoms with van der Waals surface area (Å²) >= 11 is 0. The van der Waals surface area contributed by atoms with Crippen LogP contribution in [-0.2, 0) is 9.53 Å². The van der Waals surface area contributed by atoms with E-state index in [0.29, 0.717) is 0 Å². The fourth-order valence-corrected chi connectivity index (χ4v) is 1.13. The van der Waals surface area contributed by atoms with Gasteiger partial charge in [0.05, 0.1) is 0 Å². The Kier molecular flexibility index (Phi) is 3.09. The normalized spacial score (nSPS) is 15.3. The Morgan fingerprint density at radius 3 is 2.83 bits per heavy atom. The van der Waals surface area contributed by atoms with E-state index in [1.165, 1.54) is 6.08 Å². The standard InChI is InChI=1S/C10H14O2/c1-8(2)7-10(11)12-9-5-3-4-6-9/h5,7H,3-4,6H2,1-2H3. The molecule has 0 atom stereocenters. The predicted octanol–water partition coefficient (Wildman–Crippen LogP) is 2.56. The summed E-state index contributed by atoms with van der Waals surface area (Å²) in [6.45, 7) is 3.76. The second-order valence-electron chi connectivity index (χ2n) is 3.21. The van der Waals surface area contributed by atoms with Gasteiger partial charge in [0.2, 0.25) is 0 Å². The molecule has 1 aliphatic carbocycles. The Balaban J connectivity index is 2.41. The lowest BCUT2D eigenvalue weighted by atomic mass is 10.3. The SMILES string of the molecule is CC(C)=CC(=O)OC1=CCCC1. The van der Waals surface area contributed by atoms with E-state index in [2.05, 4.69) is 0 Å². The lowest BCUT2D eigenvalue weighted by molar-refractivity contribution is -0.133. The van der Waals surface area contributed by atoms with Gasteiger partial charge in [0.25, 0.3) is 0 Å². The highest BCUT2D eigenvalue weighted by atomic mass is 16.5. The van der Waals surface area contributed by atoms with Crippen molar-refractivity contribution in [3.63, 3.8) is 0 Å². The van der Waals surface area contributed by atoms with Gasteiger partial charge >= 0.3 is 5.97 Å². The lowest BCUT2D eigenvalue weighted by Crippen LogP contribution is -1.99. The molecular weight excluding hydrogens is 152 g/mol. The highest BCUT2D eigenvalue weighted by molar-refractivity contribution is 5.83. The summed E-state index contributed by atoms with van der Waals surface area (Å²) in [5.41, 5.74) is 0.971. The largest absolute Gasteiger partial charge is 0.428 e. The summed E-state index contributed by atoms with van der Waals surface area (Å²) in [6, 6.07) is 0. The summed E-state index contributed by atoms with van der Waals surface area (Å²) < 4.78 is 5.07. The van der Waals surface area contributed by atoms with Gasteiger partial charge in [-0.3, -0.25) is 0 Å². The van der Waals surface area contributed by atoms with E-state index in [4.69, 9.17) is 4.74 Å². The van der Waals surface area contributed by atoms with Gasteiger partial charge in [-0.05, 0) is 32.8 Å². The summed E-state index contributed by atoms with van der Waals surface area (Å²) in [7, 11) is 0. The van der Waals surface area contributed by atoms with Crippen molar-refractivity contribution in [1.82, 2.24) is 0 Å². The van der Waals surface area contributed by atoms with Crippen LogP contribution in [0.5, 0.6) is 0 Å². The van der Waals surface area contributed by atoms with Gasteiger partial charge in [0.1, 0.15) is 5.76 Å². The minimum atomic E-state index is -0.247. The Labute approximate surface area is 72.9 Å². The third kappa shape index (κ3) is 2.91. The molecule has 0 spiro atoms. The second-order valence-corrected chi connectivity index (χ2v) is 3.21. The highest BCUT2D eigenvalue weighted by Crippen LogP contribution is 2.18. The lowest BCUT2D eigenvalue weighted by Gasteiger charge is -2.00. The molecule has 0 fully saturated rings. The van der Waals surface area contributed by atoms with Gasteiger partial charge in [0, 0.05) is 12.5 Å². The highest BCUT2D eigenvalue weighted by Gasteiger charge is 2.08. The Hall–Kier alpha value is -1.05. The van der Waals surface area contributed by atoms with E-state index in [-0.39, 0.29) is 5.97 Å². The zero-order chi connectivity index (χ0) is 8.97. The fourth-order valence-electron chi connectivity index (χ4n) is 1.13. The third-order valence-electron chi connectivity index (χ3n) is 1.64. The molecule has 0 saturated carbocycles. The van der Waals surface area contributed by atoms with Crippen molar-refractivity contribution in [2.45, 2.75) is 33.1 Å². The molecule has 0 bridgehead atoms. The van der Waals surface area contributed by atoms with Crippen LogP contribution in [0.25, 0.3) is 0 Å². The topological polar surface area (TPSA) is 26.3 Å². The molecule has 0 radical (unpaired) electrons. The van der Waals surface area contributed by atoms with Crippen LogP contribution < -0.4 is 0 Å². The molecule has 0 heterocycles. The van der Waals surface area contributed by atoms with Crippen molar-refractivity contribution in [2.24, 2.45) is 0 Å². The molecule has 0 aromatic carbocycles.